The van der Waals surface area contributed by atoms with Crippen LogP contribution < -0.4 is 5.32 Å². The number of benzene rings is 1. The lowest BCUT2D eigenvalue weighted by Crippen LogP contribution is -2.09. The minimum absolute atomic E-state index is 0.00969. The van der Waals surface area contributed by atoms with Gasteiger partial charge in [0.1, 0.15) is 5.69 Å². The number of anilines is 1. The first-order valence-corrected chi connectivity index (χ1v) is 5.84. The maximum Gasteiger partial charge on any atom is 0.294 e. The van der Waals surface area contributed by atoms with Crippen molar-refractivity contribution in [3.8, 4) is 6.07 Å². The molecule has 1 aliphatic rings. The summed E-state index contributed by atoms with van der Waals surface area (Å²) in [4.78, 5) is 10.6. The van der Waals surface area contributed by atoms with Gasteiger partial charge in [0.15, 0.2) is 0 Å². The topological polar surface area (TPSA) is 108 Å². The number of hydrogen-bond acceptors (Lipinski definition) is 6. The summed E-state index contributed by atoms with van der Waals surface area (Å²) in [7, 11) is 0. The Morgan fingerprint density at radius 2 is 2.26 bits per heavy atom. The molecule has 0 aliphatic carbocycles. The summed E-state index contributed by atoms with van der Waals surface area (Å²) in [6.07, 6.45) is 0.493. The second-order valence-corrected chi connectivity index (χ2v) is 4.14. The number of ether oxygens (including phenoxy) is 1. The molecule has 0 radical (unpaired) electrons. The molecular weight excluding hydrogens is 250 g/mol. The monoisotopic (exact) mass is 263 g/mol. The van der Waals surface area contributed by atoms with Gasteiger partial charge in [-0.05, 0) is 6.42 Å². The highest BCUT2D eigenvalue weighted by atomic mass is 16.6. The number of aliphatic hydroxyl groups excluding tert-OH is 1. The molecule has 0 bridgehead atoms. The Hall–Kier alpha value is -2.17. The molecule has 19 heavy (non-hydrogen) atoms. The predicted molar refractivity (Wildman–Crippen MR) is 66.5 cm³/mol. The van der Waals surface area contributed by atoms with Crippen molar-refractivity contribution in [3.05, 3.63) is 32.9 Å². The van der Waals surface area contributed by atoms with Crippen molar-refractivity contribution in [3.63, 3.8) is 0 Å². The maximum atomic E-state index is 11.1. The number of fused-ring (bicyclic) bond motifs is 1. The predicted octanol–water partition coefficient (Wildman–Crippen LogP) is 1.29. The Labute approximate surface area is 109 Å². The van der Waals surface area contributed by atoms with E-state index < -0.39 is 4.92 Å². The highest BCUT2D eigenvalue weighted by molar-refractivity contribution is 5.72. The Kier molecular flexibility index (Phi) is 3.94. The van der Waals surface area contributed by atoms with Gasteiger partial charge >= 0.3 is 0 Å². The average Bonchev–Trinajstić information content (AvgIpc) is 2.87. The van der Waals surface area contributed by atoms with Gasteiger partial charge in [0, 0.05) is 30.3 Å². The molecule has 0 saturated carbocycles. The summed E-state index contributed by atoms with van der Waals surface area (Å²) in [6, 6.07) is 3.24. The summed E-state index contributed by atoms with van der Waals surface area (Å²) in [5.41, 5.74) is 1.93. The van der Waals surface area contributed by atoms with Crippen molar-refractivity contribution < 1.29 is 14.8 Å². The molecule has 0 amide bonds. The number of nitriles is 1. The zero-order valence-electron chi connectivity index (χ0n) is 10.2. The van der Waals surface area contributed by atoms with Crippen molar-refractivity contribution in [2.45, 2.75) is 19.6 Å². The van der Waals surface area contributed by atoms with E-state index in [-0.39, 0.29) is 24.5 Å². The summed E-state index contributed by atoms with van der Waals surface area (Å²) in [6.45, 7) is 0.990. The molecule has 2 N–H and O–H groups in total. The van der Waals surface area contributed by atoms with Gasteiger partial charge in [0.05, 0.1) is 29.8 Å². The van der Waals surface area contributed by atoms with E-state index >= 15 is 0 Å². The van der Waals surface area contributed by atoms with Crippen LogP contribution in [0.3, 0.4) is 0 Å². The molecule has 0 aromatic heterocycles. The molecule has 100 valence electrons. The van der Waals surface area contributed by atoms with Crippen molar-refractivity contribution in [1.82, 2.24) is 0 Å². The van der Waals surface area contributed by atoms with Crippen LogP contribution in [0.1, 0.15) is 23.1 Å². The normalized spacial score (nSPS) is 12.8. The van der Waals surface area contributed by atoms with E-state index in [1.54, 1.807) is 0 Å². The van der Waals surface area contributed by atoms with Gasteiger partial charge in [-0.3, -0.25) is 10.1 Å². The lowest BCUT2D eigenvalue weighted by Gasteiger charge is -2.11. The lowest BCUT2D eigenvalue weighted by atomic mass is 10.0. The standard InChI is InChI=1S/C12H13N3O4/c13-5-8-4-11(15(17)18)12(14-2-1-3-16)10-7-19-6-9(8)10/h4,14,16H,1-3,6-7H2. The Morgan fingerprint density at radius 1 is 1.53 bits per heavy atom. The summed E-state index contributed by atoms with van der Waals surface area (Å²) >= 11 is 0. The number of nitro groups is 1. The third-order valence-electron chi connectivity index (χ3n) is 2.97. The Balaban J connectivity index is 2.47. The van der Waals surface area contributed by atoms with Crippen molar-refractivity contribution >= 4 is 11.4 Å². The third-order valence-corrected chi connectivity index (χ3v) is 2.97. The van der Waals surface area contributed by atoms with Crippen LogP contribution in [0.5, 0.6) is 0 Å². The highest BCUT2D eigenvalue weighted by Crippen LogP contribution is 2.37. The Morgan fingerprint density at radius 3 is 2.89 bits per heavy atom. The minimum Gasteiger partial charge on any atom is -0.396 e. The molecule has 7 heteroatoms. The summed E-state index contributed by atoms with van der Waals surface area (Å²) in [5.74, 6) is 0. The smallest absolute Gasteiger partial charge is 0.294 e. The first kappa shape index (κ1) is 13.3. The molecular formula is C12H13N3O4. The molecule has 2 rings (SSSR count). The Bertz CT molecular complexity index is 551. The minimum atomic E-state index is -0.513. The number of nitrogens with one attached hydrogen (secondary N) is 1. The van der Waals surface area contributed by atoms with Crippen LogP contribution >= 0.6 is 0 Å². The molecule has 0 fully saturated rings. The molecule has 1 aliphatic heterocycles. The van der Waals surface area contributed by atoms with E-state index in [1.807, 2.05) is 6.07 Å². The van der Waals surface area contributed by atoms with Gasteiger partial charge in [-0.1, -0.05) is 0 Å². The van der Waals surface area contributed by atoms with Gasteiger partial charge in [-0.2, -0.15) is 5.26 Å². The highest BCUT2D eigenvalue weighted by Gasteiger charge is 2.27. The second kappa shape index (κ2) is 5.65. The average molecular weight is 263 g/mol. The molecule has 1 aromatic carbocycles. The first-order valence-electron chi connectivity index (χ1n) is 5.84. The van der Waals surface area contributed by atoms with E-state index in [4.69, 9.17) is 15.1 Å². The quantitative estimate of drug-likeness (QED) is 0.470. The van der Waals surface area contributed by atoms with Crippen LogP contribution in [-0.2, 0) is 18.0 Å². The first-order chi connectivity index (χ1) is 9.19. The summed E-state index contributed by atoms with van der Waals surface area (Å²) < 4.78 is 5.28. The molecule has 1 aromatic rings. The lowest BCUT2D eigenvalue weighted by molar-refractivity contribution is -0.384. The summed E-state index contributed by atoms with van der Waals surface area (Å²) in [5, 5.41) is 31.8. The number of nitrogens with zero attached hydrogens (tertiary/aromatic N) is 2. The van der Waals surface area contributed by atoms with E-state index in [2.05, 4.69) is 5.32 Å². The molecule has 0 saturated heterocycles. The van der Waals surface area contributed by atoms with Crippen molar-refractivity contribution in [2.75, 3.05) is 18.5 Å². The van der Waals surface area contributed by atoms with Crippen LogP contribution in [0.4, 0.5) is 11.4 Å². The van der Waals surface area contributed by atoms with Crippen LogP contribution in [0.2, 0.25) is 0 Å². The van der Waals surface area contributed by atoms with E-state index in [0.717, 1.165) is 0 Å². The van der Waals surface area contributed by atoms with E-state index in [1.165, 1.54) is 6.07 Å². The van der Waals surface area contributed by atoms with Crippen molar-refractivity contribution in [2.24, 2.45) is 0 Å². The zero-order valence-corrected chi connectivity index (χ0v) is 10.2. The third kappa shape index (κ3) is 2.50. The van der Waals surface area contributed by atoms with Gasteiger partial charge in [0.2, 0.25) is 0 Å². The number of aliphatic hydroxyl groups is 1. The fourth-order valence-electron chi connectivity index (χ4n) is 2.08. The molecule has 0 spiro atoms. The second-order valence-electron chi connectivity index (χ2n) is 4.14. The molecule has 0 atom stereocenters. The SMILES string of the molecule is N#Cc1cc([N+](=O)[O-])c(NCCCO)c2c1COC2. The van der Waals surface area contributed by atoms with Crippen LogP contribution in [0, 0.1) is 21.4 Å². The van der Waals surface area contributed by atoms with E-state index in [9.17, 15) is 10.1 Å². The fourth-order valence-corrected chi connectivity index (χ4v) is 2.08. The maximum absolute atomic E-state index is 11.1. The zero-order chi connectivity index (χ0) is 13.8. The molecule has 0 unspecified atom stereocenters. The van der Waals surface area contributed by atoms with Gasteiger partial charge < -0.3 is 15.2 Å². The van der Waals surface area contributed by atoms with Gasteiger partial charge in [-0.15, -0.1) is 0 Å². The van der Waals surface area contributed by atoms with Crippen LogP contribution in [0.25, 0.3) is 0 Å². The van der Waals surface area contributed by atoms with Crippen LogP contribution in [-0.4, -0.2) is 23.2 Å². The number of nitro benzene ring substituents is 1. The largest absolute Gasteiger partial charge is 0.396 e. The van der Waals surface area contributed by atoms with Gasteiger partial charge in [-0.25, -0.2) is 0 Å². The number of hydrogen-bond donors (Lipinski definition) is 2. The fraction of sp³-hybridized carbons (Fsp3) is 0.417. The van der Waals surface area contributed by atoms with Gasteiger partial charge in [0.25, 0.3) is 5.69 Å². The van der Waals surface area contributed by atoms with Crippen molar-refractivity contribution in [1.29, 1.82) is 5.26 Å². The van der Waals surface area contributed by atoms with Crippen LogP contribution in [0.15, 0.2) is 6.07 Å². The number of rotatable bonds is 5. The molecule has 7 nitrogen and oxygen atoms in total. The molecule has 1 heterocycles. The van der Waals surface area contributed by atoms with E-state index in [0.29, 0.717) is 36.4 Å².